The van der Waals surface area contributed by atoms with Crippen molar-refractivity contribution >= 4 is 28.5 Å². The van der Waals surface area contributed by atoms with E-state index in [1.807, 2.05) is 24.3 Å². The van der Waals surface area contributed by atoms with Crippen LogP contribution < -0.4 is 15.0 Å². The zero-order chi connectivity index (χ0) is 27.4. The Kier molecular flexibility index (Phi) is 7.86. The van der Waals surface area contributed by atoms with E-state index in [-0.39, 0.29) is 17.6 Å². The number of carbonyl (C=O) groups is 2. The van der Waals surface area contributed by atoms with Crippen molar-refractivity contribution in [1.29, 1.82) is 0 Å². The van der Waals surface area contributed by atoms with Gasteiger partial charge in [-0.05, 0) is 61.7 Å². The van der Waals surface area contributed by atoms with Crippen molar-refractivity contribution in [2.75, 3.05) is 12.0 Å². The molecule has 0 radical (unpaired) electrons. The molecule has 5 rings (SSSR count). The minimum absolute atomic E-state index is 0.00116. The lowest BCUT2D eigenvalue weighted by atomic mass is 9.94. The summed E-state index contributed by atoms with van der Waals surface area (Å²) < 4.78 is 22.2. The Morgan fingerprint density at radius 3 is 2.41 bits per heavy atom. The highest BCUT2D eigenvalue weighted by molar-refractivity contribution is 6.03. The van der Waals surface area contributed by atoms with Crippen LogP contribution in [0.2, 0.25) is 0 Å². The lowest BCUT2D eigenvalue weighted by molar-refractivity contribution is -0.128. The van der Waals surface area contributed by atoms with Crippen molar-refractivity contribution in [3.8, 4) is 5.75 Å². The van der Waals surface area contributed by atoms with Crippen molar-refractivity contribution in [3.63, 3.8) is 0 Å². The van der Waals surface area contributed by atoms with Gasteiger partial charge in [-0.3, -0.25) is 14.5 Å². The number of aromatic nitrogens is 3. The molecule has 3 aromatic carbocycles. The van der Waals surface area contributed by atoms with Crippen molar-refractivity contribution < 1.29 is 18.7 Å². The molecule has 1 aliphatic rings. The van der Waals surface area contributed by atoms with Crippen molar-refractivity contribution in [2.24, 2.45) is 0 Å². The number of para-hydroxylation sites is 2. The summed E-state index contributed by atoms with van der Waals surface area (Å²) in [5, 5.41) is 11.6. The van der Waals surface area contributed by atoms with Crippen LogP contribution in [-0.4, -0.2) is 40.0 Å². The Bertz CT molecular complexity index is 1450. The molecule has 39 heavy (non-hydrogen) atoms. The van der Waals surface area contributed by atoms with Crippen LogP contribution in [0.4, 0.5) is 10.1 Å². The van der Waals surface area contributed by atoms with Crippen molar-refractivity contribution in [3.05, 3.63) is 84.2 Å². The maximum atomic E-state index is 15.4. The maximum Gasteiger partial charge on any atom is 0.252 e. The smallest absolute Gasteiger partial charge is 0.252 e. The summed E-state index contributed by atoms with van der Waals surface area (Å²) in [6, 6.07) is 18.3. The lowest BCUT2D eigenvalue weighted by Crippen LogP contribution is -2.49. The third-order valence-electron chi connectivity index (χ3n) is 7.34. The summed E-state index contributed by atoms with van der Waals surface area (Å²) in [6.07, 6.45) is 4.94. The molecule has 1 aliphatic carbocycles. The number of amides is 2. The van der Waals surface area contributed by atoms with Gasteiger partial charge in [0.05, 0.1) is 18.3 Å². The minimum atomic E-state index is -1.13. The van der Waals surface area contributed by atoms with Gasteiger partial charge in [-0.15, -0.1) is 5.10 Å². The average molecular weight is 530 g/mol. The molecule has 0 spiro atoms. The van der Waals surface area contributed by atoms with Crippen molar-refractivity contribution in [2.45, 2.75) is 57.2 Å². The molecule has 2 amide bonds. The summed E-state index contributed by atoms with van der Waals surface area (Å²) >= 11 is 0. The van der Waals surface area contributed by atoms with Crippen molar-refractivity contribution in [1.82, 2.24) is 20.3 Å². The third kappa shape index (κ3) is 5.48. The number of hydrogen-bond acceptors (Lipinski definition) is 5. The van der Waals surface area contributed by atoms with E-state index in [2.05, 4.69) is 15.6 Å². The van der Waals surface area contributed by atoms with E-state index in [0.29, 0.717) is 22.3 Å². The fraction of sp³-hybridized carbons (Fsp3) is 0.333. The van der Waals surface area contributed by atoms with Crippen LogP contribution in [0.1, 0.15) is 56.7 Å². The van der Waals surface area contributed by atoms with Gasteiger partial charge < -0.3 is 10.1 Å². The number of anilines is 1. The Labute approximate surface area is 226 Å². The normalized spacial score (nSPS) is 15.5. The van der Waals surface area contributed by atoms with Gasteiger partial charge in [-0.1, -0.05) is 60.9 Å². The summed E-state index contributed by atoms with van der Waals surface area (Å²) in [5.41, 5.74) is 1.85. The molecule has 202 valence electrons. The van der Waals surface area contributed by atoms with E-state index >= 15 is 4.39 Å². The largest absolute Gasteiger partial charge is 0.497 e. The first-order valence-electron chi connectivity index (χ1n) is 13.3. The molecule has 1 fully saturated rings. The van der Waals surface area contributed by atoms with Gasteiger partial charge in [-0.25, -0.2) is 9.07 Å². The molecule has 1 aromatic heterocycles. The number of fused-ring (bicyclic) bond motifs is 1. The Morgan fingerprint density at radius 1 is 1.00 bits per heavy atom. The predicted molar refractivity (Wildman–Crippen MR) is 147 cm³/mol. The predicted octanol–water partition coefficient (Wildman–Crippen LogP) is 5.36. The number of nitrogens with zero attached hydrogens (tertiary/aromatic N) is 4. The molecule has 4 aromatic rings. The molecule has 9 heteroatoms. The Morgan fingerprint density at radius 2 is 1.69 bits per heavy atom. The van der Waals surface area contributed by atoms with E-state index < -0.39 is 23.8 Å². The fourth-order valence-electron chi connectivity index (χ4n) is 5.24. The van der Waals surface area contributed by atoms with Gasteiger partial charge in [0.1, 0.15) is 29.2 Å². The number of halogens is 1. The number of methoxy groups -OCH3 is 1. The van der Waals surface area contributed by atoms with Crippen LogP contribution in [0.15, 0.2) is 72.8 Å². The molecule has 8 nitrogen and oxygen atoms in total. The zero-order valence-corrected chi connectivity index (χ0v) is 22.1. The molecule has 0 saturated heterocycles. The van der Waals surface area contributed by atoms with E-state index in [1.165, 1.54) is 21.7 Å². The highest BCUT2D eigenvalue weighted by Crippen LogP contribution is 2.34. The average Bonchev–Trinajstić information content (AvgIpc) is 3.40. The van der Waals surface area contributed by atoms with Crippen LogP contribution in [0.5, 0.6) is 5.75 Å². The number of rotatable bonds is 8. The molecule has 1 saturated carbocycles. The first-order valence-corrected chi connectivity index (χ1v) is 13.3. The Balaban J connectivity index is 1.61. The van der Waals surface area contributed by atoms with E-state index in [4.69, 9.17) is 4.74 Å². The SMILES string of the molecule is COc1ccc(C(C(=O)NC2CCCCC2)N(C(=O)C(C)n2nnc3ccccc32)c2ccccc2F)cc1. The second-order valence-electron chi connectivity index (χ2n) is 9.88. The summed E-state index contributed by atoms with van der Waals surface area (Å²) in [7, 11) is 1.56. The maximum absolute atomic E-state index is 15.4. The lowest BCUT2D eigenvalue weighted by Gasteiger charge is -2.35. The number of carbonyl (C=O) groups excluding carboxylic acids is 2. The van der Waals surface area contributed by atoms with Crippen LogP contribution in [0.25, 0.3) is 11.0 Å². The topological polar surface area (TPSA) is 89.4 Å². The zero-order valence-electron chi connectivity index (χ0n) is 22.1. The number of ether oxygens (including phenoxy) is 1. The fourth-order valence-corrected chi connectivity index (χ4v) is 5.24. The van der Waals surface area contributed by atoms with E-state index in [9.17, 15) is 9.59 Å². The molecule has 2 atom stereocenters. The molecule has 2 unspecified atom stereocenters. The molecular formula is C30H32FN5O3. The standard InChI is InChI=1S/C30H32FN5O3/c1-20(36-27-15-9-7-13-25(27)33-34-36)30(38)35(26-14-8-6-12-24(26)31)28(21-16-18-23(39-2)19-17-21)29(37)32-22-10-4-3-5-11-22/h6-9,12-20,22,28H,3-5,10-11H2,1-2H3,(H,32,37). The van der Waals surface area contributed by atoms with Gasteiger partial charge in [-0.2, -0.15) is 0 Å². The highest BCUT2D eigenvalue weighted by atomic mass is 19.1. The summed E-state index contributed by atoms with van der Waals surface area (Å²) in [5.74, 6) is -0.850. The van der Waals surface area contributed by atoms with E-state index in [0.717, 1.165) is 32.1 Å². The number of benzene rings is 3. The van der Waals surface area contributed by atoms with Gasteiger partial charge in [0.15, 0.2) is 0 Å². The third-order valence-corrected chi connectivity index (χ3v) is 7.34. The van der Waals surface area contributed by atoms with Crippen LogP contribution >= 0.6 is 0 Å². The number of nitrogens with one attached hydrogen (secondary N) is 1. The second kappa shape index (κ2) is 11.6. The molecule has 1 heterocycles. The first-order chi connectivity index (χ1) is 19.0. The second-order valence-corrected chi connectivity index (χ2v) is 9.88. The van der Waals surface area contributed by atoms with Gasteiger partial charge in [0, 0.05) is 6.04 Å². The quantitative estimate of drug-likeness (QED) is 0.332. The summed E-state index contributed by atoms with van der Waals surface area (Å²) in [6.45, 7) is 1.68. The van der Waals surface area contributed by atoms with E-state index in [1.54, 1.807) is 50.4 Å². The molecule has 0 bridgehead atoms. The molecule has 1 N–H and O–H groups in total. The van der Waals surface area contributed by atoms with Gasteiger partial charge in [0.2, 0.25) is 5.91 Å². The Hall–Kier alpha value is -4.27. The summed E-state index contributed by atoms with van der Waals surface area (Å²) in [4.78, 5) is 29.6. The monoisotopic (exact) mass is 529 g/mol. The van der Waals surface area contributed by atoms with Gasteiger partial charge >= 0.3 is 0 Å². The van der Waals surface area contributed by atoms with Gasteiger partial charge in [0.25, 0.3) is 5.91 Å². The van der Waals surface area contributed by atoms with Crippen LogP contribution in [0.3, 0.4) is 0 Å². The number of hydrogen-bond donors (Lipinski definition) is 1. The highest BCUT2D eigenvalue weighted by Gasteiger charge is 2.38. The molecular weight excluding hydrogens is 497 g/mol. The minimum Gasteiger partial charge on any atom is -0.497 e. The van der Waals surface area contributed by atoms with Crippen LogP contribution in [0, 0.1) is 5.82 Å². The first kappa shape index (κ1) is 26.3. The van der Waals surface area contributed by atoms with Crippen LogP contribution in [-0.2, 0) is 9.59 Å². The molecule has 0 aliphatic heterocycles.